The first-order chi connectivity index (χ1) is 6.45. The van der Waals surface area contributed by atoms with Crippen LogP contribution in [0.2, 0.25) is 0 Å². The van der Waals surface area contributed by atoms with Gasteiger partial charge in [-0.1, -0.05) is 0 Å². The molecule has 0 saturated carbocycles. The molecule has 0 atom stereocenters. The number of ether oxygens (including phenoxy) is 1. The molecule has 7 heteroatoms. The van der Waals surface area contributed by atoms with E-state index in [1.807, 2.05) is 0 Å². The molecule has 0 bridgehead atoms. The van der Waals surface area contributed by atoms with Crippen molar-refractivity contribution >= 4 is 5.97 Å². The van der Waals surface area contributed by atoms with E-state index in [0.717, 1.165) is 0 Å². The van der Waals surface area contributed by atoms with Gasteiger partial charge in [-0.05, 0) is 20.8 Å². The number of hydrogen-bond donors (Lipinski definition) is 0. The first-order valence-corrected chi connectivity index (χ1v) is 3.81. The lowest BCUT2D eigenvalue weighted by molar-refractivity contribution is -0.154. The Hall–Kier alpha value is -1.14. The van der Waals surface area contributed by atoms with Gasteiger partial charge in [0.05, 0.1) is 0 Å². The third-order valence-electron chi connectivity index (χ3n) is 1.02. The van der Waals surface area contributed by atoms with Gasteiger partial charge < -0.3 is 4.74 Å². The Morgan fingerprint density at radius 3 is 1.73 bits per heavy atom. The Morgan fingerprint density at radius 1 is 1.07 bits per heavy atom. The molecule has 0 N–H and O–H groups in total. The van der Waals surface area contributed by atoms with Gasteiger partial charge in [0.15, 0.2) is 0 Å². The van der Waals surface area contributed by atoms with Crippen molar-refractivity contribution in [3.8, 4) is 0 Å². The van der Waals surface area contributed by atoms with E-state index in [4.69, 9.17) is 0 Å². The number of halogens is 5. The maximum atomic E-state index is 12.5. The lowest BCUT2D eigenvalue weighted by Gasteiger charge is -2.18. The number of esters is 1. The minimum Gasteiger partial charge on any atom is -0.455 e. The summed E-state index contributed by atoms with van der Waals surface area (Å²) in [4.78, 5) is 10.7. The van der Waals surface area contributed by atoms with Crippen molar-refractivity contribution in [3.05, 3.63) is 11.7 Å². The molecular weight excluding hydrogens is 223 g/mol. The number of carbonyl (C=O) groups excluding carboxylic acids is 1. The van der Waals surface area contributed by atoms with Crippen LogP contribution in [0.25, 0.3) is 0 Å². The molecule has 2 nitrogen and oxygen atoms in total. The molecular formula is C8H9F5O2. The number of hydrogen-bond acceptors (Lipinski definition) is 2. The summed E-state index contributed by atoms with van der Waals surface area (Å²) in [6.07, 6.45) is -5.53. The molecule has 0 amide bonds. The van der Waals surface area contributed by atoms with E-state index >= 15 is 0 Å². The highest BCUT2D eigenvalue weighted by molar-refractivity contribution is 5.87. The summed E-state index contributed by atoms with van der Waals surface area (Å²) in [5, 5.41) is 0. The summed E-state index contributed by atoms with van der Waals surface area (Å²) in [6, 6.07) is 0. The van der Waals surface area contributed by atoms with E-state index in [1.54, 1.807) is 0 Å². The normalized spacial score (nSPS) is 14.7. The maximum absolute atomic E-state index is 12.5. The Bertz CT molecular complexity index is 284. The zero-order chi connectivity index (χ0) is 12.4. The molecule has 0 saturated heterocycles. The minimum atomic E-state index is -5.53. The SMILES string of the molecule is CC(C)(C)OC(=O)/C(F)=C(\F)C(F)(F)F. The molecule has 0 aromatic heterocycles. The fourth-order valence-corrected chi connectivity index (χ4v) is 0.537. The molecule has 0 heterocycles. The molecule has 15 heavy (non-hydrogen) atoms. The highest BCUT2D eigenvalue weighted by Crippen LogP contribution is 2.30. The quantitative estimate of drug-likeness (QED) is 0.394. The van der Waals surface area contributed by atoms with Crippen molar-refractivity contribution in [2.24, 2.45) is 0 Å². The molecule has 0 spiro atoms. The summed E-state index contributed by atoms with van der Waals surface area (Å²) in [5.74, 6) is -7.63. The lowest BCUT2D eigenvalue weighted by Crippen LogP contribution is -2.25. The fraction of sp³-hybridized carbons (Fsp3) is 0.625. The van der Waals surface area contributed by atoms with Gasteiger partial charge >= 0.3 is 12.1 Å². The van der Waals surface area contributed by atoms with Gasteiger partial charge in [-0.2, -0.15) is 22.0 Å². The Labute approximate surface area is 82.7 Å². The van der Waals surface area contributed by atoms with Crippen molar-refractivity contribution in [2.75, 3.05) is 0 Å². The van der Waals surface area contributed by atoms with E-state index < -0.39 is 29.4 Å². The van der Waals surface area contributed by atoms with E-state index in [1.165, 1.54) is 20.8 Å². The molecule has 0 radical (unpaired) electrons. The van der Waals surface area contributed by atoms with Crippen molar-refractivity contribution in [3.63, 3.8) is 0 Å². The standard InChI is InChI=1S/C8H9F5O2/c1-7(2,3)15-6(14)4(9)5(10)8(11,12)13/h1-3H3/b5-4+. The predicted molar refractivity (Wildman–Crippen MR) is 41.1 cm³/mol. The van der Waals surface area contributed by atoms with Crippen molar-refractivity contribution < 1.29 is 31.5 Å². The summed E-state index contributed by atoms with van der Waals surface area (Å²) in [7, 11) is 0. The molecule has 0 aliphatic carbocycles. The zero-order valence-electron chi connectivity index (χ0n) is 8.21. The Morgan fingerprint density at radius 2 is 1.47 bits per heavy atom. The van der Waals surface area contributed by atoms with Gasteiger partial charge in [0.1, 0.15) is 5.60 Å². The average Bonchev–Trinajstić information content (AvgIpc) is 1.96. The molecule has 0 aliphatic rings. The molecule has 0 fully saturated rings. The van der Waals surface area contributed by atoms with Crippen LogP contribution in [0.3, 0.4) is 0 Å². The topological polar surface area (TPSA) is 26.3 Å². The summed E-state index contributed by atoms with van der Waals surface area (Å²) in [6.45, 7) is 3.93. The molecule has 0 unspecified atom stereocenters. The maximum Gasteiger partial charge on any atom is 0.446 e. The van der Waals surface area contributed by atoms with E-state index in [-0.39, 0.29) is 0 Å². The molecule has 0 aromatic rings. The van der Waals surface area contributed by atoms with Crippen molar-refractivity contribution in [1.82, 2.24) is 0 Å². The Balaban J connectivity index is 4.87. The molecule has 0 rings (SSSR count). The van der Waals surface area contributed by atoms with Gasteiger partial charge in [0, 0.05) is 0 Å². The van der Waals surface area contributed by atoms with Gasteiger partial charge in [-0.25, -0.2) is 4.79 Å². The molecule has 0 aromatic carbocycles. The Kier molecular flexibility index (Phi) is 3.84. The van der Waals surface area contributed by atoms with E-state index in [9.17, 15) is 26.7 Å². The molecule has 88 valence electrons. The van der Waals surface area contributed by atoms with Gasteiger partial charge in [-0.3, -0.25) is 0 Å². The van der Waals surface area contributed by atoms with Gasteiger partial charge in [0.2, 0.25) is 11.7 Å². The minimum absolute atomic E-state index is 1.19. The second-order valence-electron chi connectivity index (χ2n) is 3.63. The first-order valence-electron chi connectivity index (χ1n) is 3.81. The summed E-state index contributed by atoms with van der Waals surface area (Å²) >= 11 is 0. The van der Waals surface area contributed by atoms with Crippen LogP contribution in [0.1, 0.15) is 20.8 Å². The van der Waals surface area contributed by atoms with Crippen LogP contribution in [-0.2, 0) is 9.53 Å². The number of rotatable bonds is 1. The predicted octanol–water partition coefficient (Wildman–Crippen LogP) is 3.04. The number of carbonyl (C=O) groups is 1. The van der Waals surface area contributed by atoms with Crippen LogP contribution in [0.15, 0.2) is 11.7 Å². The summed E-state index contributed by atoms with van der Waals surface area (Å²) in [5.41, 5.74) is -1.19. The highest BCUT2D eigenvalue weighted by Gasteiger charge is 2.41. The lowest BCUT2D eigenvalue weighted by atomic mass is 10.2. The smallest absolute Gasteiger partial charge is 0.446 e. The molecule has 0 aliphatic heterocycles. The first kappa shape index (κ1) is 13.9. The summed E-state index contributed by atoms with van der Waals surface area (Å²) < 4.78 is 63.8. The van der Waals surface area contributed by atoms with Gasteiger partial charge in [-0.15, -0.1) is 0 Å². The van der Waals surface area contributed by atoms with E-state index in [2.05, 4.69) is 4.74 Å². The van der Waals surface area contributed by atoms with E-state index in [0.29, 0.717) is 0 Å². The van der Waals surface area contributed by atoms with Crippen LogP contribution in [0.5, 0.6) is 0 Å². The monoisotopic (exact) mass is 232 g/mol. The average molecular weight is 232 g/mol. The number of alkyl halides is 3. The van der Waals surface area contributed by atoms with Gasteiger partial charge in [0.25, 0.3) is 0 Å². The highest BCUT2D eigenvalue weighted by atomic mass is 19.4. The van der Waals surface area contributed by atoms with Crippen LogP contribution >= 0.6 is 0 Å². The van der Waals surface area contributed by atoms with Crippen molar-refractivity contribution in [1.29, 1.82) is 0 Å². The third kappa shape index (κ3) is 4.75. The third-order valence-corrected chi connectivity index (χ3v) is 1.02. The van der Waals surface area contributed by atoms with Crippen molar-refractivity contribution in [2.45, 2.75) is 32.5 Å². The second kappa shape index (κ2) is 4.16. The largest absolute Gasteiger partial charge is 0.455 e. The van der Waals surface area contributed by atoms with Crippen LogP contribution < -0.4 is 0 Å². The van der Waals surface area contributed by atoms with Crippen LogP contribution in [0, 0.1) is 0 Å². The fourth-order valence-electron chi connectivity index (χ4n) is 0.537. The van der Waals surface area contributed by atoms with Crippen LogP contribution in [0.4, 0.5) is 22.0 Å². The number of allylic oxidation sites excluding steroid dienone is 1. The van der Waals surface area contributed by atoms with Crippen LogP contribution in [-0.4, -0.2) is 17.7 Å². The second-order valence-corrected chi connectivity index (χ2v) is 3.63. The zero-order valence-corrected chi connectivity index (χ0v) is 8.21.